The van der Waals surface area contributed by atoms with Crippen molar-refractivity contribution in [2.75, 3.05) is 6.61 Å². The first-order chi connectivity index (χ1) is 14.1. The second-order valence-electron chi connectivity index (χ2n) is 6.91. The highest BCUT2D eigenvalue weighted by Gasteiger charge is 2.29. The van der Waals surface area contributed by atoms with Crippen molar-refractivity contribution in [1.29, 1.82) is 0 Å². The van der Waals surface area contributed by atoms with Crippen LogP contribution in [0, 0.1) is 12.1 Å². The molecule has 0 fully saturated rings. The van der Waals surface area contributed by atoms with Gasteiger partial charge in [0, 0.05) is 12.3 Å². The zero-order valence-electron chi connectivity index (χ0n) is 15.6. The molecule has 0 saturated carbocycles. The van der Waals surface area contributed by atoms with Gasteiger partial charge in [-0.2, -0.15) is 0 Å². The van der Waals surface area contributed by atoms with E-state index in [2.05, 4.69) is 29.6 Å². The molecule has 3 aromatic carbocycles. The van der Waals surface area contributed by atoms with Crippen molar-refractivity contribution < 1.29 is 19.4 Å². The Morgan fingerprint density at radius 2 is 1.66 bits per heavy atom. The van der Waals surface area contributed by atoms with Gasteiger partial charge >= 0.3 is 12.1 Å². The van der Waals surface area contributed by atoms with Crippen molar-refractivity contribution in [3.8, 4) is 11.1 Å². The van der Waals surface area contributed by atoms with Gasteiger partial charge < -0.3 is 15.2 Å². The van der Waals surface area contributed by atoms with Crippen LogP contribution < -0.4 is 5.32 Å². The van der Waals surface area contributed by atoms with Crippen LogP contribution in [-0.2, 0) is 16.0 Å². The van der Waals surface area contributed by atoms with Gasteiger partial charge in [-0.3, -0.25) is 0 Å². The Bertz CT molecular complexity index is 986. The molecular formula is C24H19NO4. The first-order valence-corrected chi connectivity index (χ1v) is 9.34. The molecule has 0 radical (unpaired) electrons. The van der Waals surface area contributed by atoms with Gasteiger partial charge in [-0.15, -0.1) is 0 Å². The number of aliphatic carboxylic acids is 1. The third-order valence-corrected chi connectivity index (χ3v) is 5.10. The molecule has 0 spiro atoms. The lowest BCUT2D eigenvalue weighted by Crippen LogP contribution is -2.42. The van der Waals surface area contributed by atoms with E-state index in [0.29, 0.717) is 0 Å². The number of hydrogen-bond donors (Lipinski definition) is 2. The maximum atomic E-state index is 12.3. The fourth-order valence-electron chi connectivity index (χ4n) is 3.72. The summed E-state index contributed by atoms with van der Waals surface area (Å²) in [4.78, 5) is 23.9. The Kier molecular flexibility index (Phi) is 5.17. The molecular weight excluding hydrogens is 366 g/mol. The average Bonchev–Trinajstić information content (AvgIpc) is 3.06. The van der Waals surface area contributed by atoms with Gasteiger partial charge in [0.1, 0.15) is 12.6 Å². The van der Waals surface area contributed by atoms with Crippen molar-refractivity contribution >= 4 is 12.1 Å². The van der Waals surface area contributed by atoms with Crippen LogP contribution in [0.3, 0.4) is 0 Å². The van der Waals surface area contributed by atoms with E-state index in [1.807, 2.05) is 36.4 Å². The van der Waals surface area contributed by atoms with E-state index in [1.165, 1.54) is 0 Å². The summed E-state index contributed by atoms with van der Waals surface area (Å²) in [6, 6.07) is 25.6. The minimum absolute atomic E-state index is 0.0734. The van der Waals surface area contributed by atoms with Crippen molar-refractivity contribution in [2.45, 2.75) is 18.4 Å². The fraction of sp³-hybridized carbons (Fsp3) is 0.167. The lowest BCUT2D eigenvalue weighted by atomic mass is 9.98. The maximum absolute atomic E-state index is 12.3. The number of rotatable bonds is 6. The Morgan fingerprint density at radius 1 is 1.00 bits per heavy atom. The number of carbonyl (C=O) groups is 2. The van der Waals surface area contributed by atoms with E-state index >= 15 is 0 Å². The number of hydrogen-bond acceptors (Lipinski definition) is 3. The summed E-state index contributed by atoms with van der Waals surface area (Å²) in [5, 5.41) is 11.9. The smallest absolute Gasteiger partial charge is 0.407 e. The third-order valence-electron chi connectivity index (χ3n) is 5.10. The van der Waals surface area contributed by atoms with Gasteiger partial charge in [0.2, 0.25) is 0 Å². The Labute approximate surface area is 169 Å². The predicted octanol–water partition coefficient (Wildman–Crippen LogP) is 3.82. The Hall–Kier alpha value is -3.78. The molecule has 144 valence electrons. The predicted molar refractivity (Wildman–Crippen MR) is 107 cm³/mol. The van der Waals surface area contributed by atoms with Crippen molar-refractivity contribution in [3.05, 3.63) is 95.6 Å². The van der Waals surface area contributed by atoms with Crippen LogP contribution in [0.25, 0.3) is 11.1 Å². The zero-order valence-corrected chi connectivity index (χ0v) is 15.6. The number of nitrogens with one attached hydrogen (secondary N) is 1. The van der Waals surface area contributed by atoms with E-state index in [9.17, 15) is 14.7 Å². The number of carbonyl (C=O) groups excluding carboxylic acids is 1. The van der Waals surface area contributed by atoms with E-state index in [4.69, 9.17) is 4.74 Å². The highest BCUT2D eigenvalue weighted by atomic mass is 16.5. The molecule has 1 aliphatic carbocycles. The monoisotopic (exact) mass is 385 g/mol. The molecule has 29 heavy (non-hydrogen) atoms. The highest BCUT2D eigenvalue weighted by molar-refractivity contribution is 5.81. The summed E-state index contributed by atoms with van der Waals surface area (Å²) < 4.78 is 5.43. The second-order valence-corrected chi connectivity index (χ2v) is 6.91. The number of amides is 1. The van der Waals surface area contributed by atoms with Gasteiger partial charge in [0.05, 0.1) is 0 Å². The molecule has 1 atom stereocenters. The number of alkyl carbamates (subject to hydrolysis) is 1. The van der Waals surface area contributed by atoms with Gasteiger partial charge in [-0.05, 0) is 46.0 Å². The molecule has 5 nitrogen and oxygen atoms in total. The SMILES string of the molecule is O=C(N[C@@H](Cc1cc#ccc1)C(=O)O)OCC1c2ccccc2-c2ccccc21. The molecule has 0 aliphatic heterocycles. The Morgan fingerprint density at radius 3 is 2.24 bits per heavy atom. The number of ether oxygens (including phenoxy) is 1. The summed E-state index contributed by atoms with van der Waals surface area (Å²) in [5.41, 5.74) is 5.23. The summed E-state index contributed by atoms with van der Waals surface area (Å²) in [6.07, 6.45) is -0.601. The standard InChI is InChI=1S/C24H19NO4/c26-23(27)22(14-16-8-2-1-3-9-16)25-24(28)29-15-21-19-12-6-4-10-17(19)18-11-5-7-13-20(18)21/h2,4-13,21-22H,14-15H2,(H,25,28)(H,26,27)/t22-/m0/s1. The topological polar surface area (TPSA) is 75.6 Å². The maximum Gasteiger partial charge on any atom is 0.407 e. The third kappa shape index (κ3) is 3.92. The molecule has 0 bridgehead atoms. The van der Waals surface area contributed by atoms with Crippen LogP contribution >= 0.6 is 0 Å². The summed E-state index contributed by atoms with van der Waals surface area (Å²) >= 11 is 0. The molecule has 3 aromatic rings. The van der Waals surface area contributed by atoms with Gasteiger partial charge in [0.15, 0.2) is 0 Å². The molecule has 5 heteroatoms. The first-order valence-electron chi connectivity index (χ1n) is 9.34. The minimum atomic E-state index is -1.12. The first kappa shape index (κ1) is 18.6. The van der Waals surface area contributed by atoms with Crippen LogP contribution in [0.5, 0.6) is 0 Å². The van der Waals surface area contributed by atoms with Crippen molar-refractivity contribution in [2.24, 2.45) is 0 Å². The number of carboxylic acids is 1. The molecule has 0 heterocycles. The fourth-order valence-corrected chi connectivity index (χ4v) is 3.72. The van der Waals surface area contributed by atoms with E-state index in [-0.39, 0.29) is 18.9 Å². The number of benzene rings is 2. The molecule has 1 aliphatic rings. The van der Waals surface area contributed by atoms with E-state index in [1.54, 1.807) is 18.2 Å². The molecule has 0 aromatic heterocycles. The quantitative estimate of drug-likeness (QED) is 0.676. The average molecular weight is 385 g/mol. The lowest BCUT2D eigenvalue weighted by Gasteiger charge is -2.17. The number of carboxylic acid groups (broad SMARTS) is 1. The largest absolute Gasteiger partial charge is 0.480 e. The molecule has 0 unspecified atom stereocenters. The molecule has 2 N–H and O–H groups in total. The minimum Gasteiger partial charge on any atom is -0.480 e. The van der Waals surface area contributed by atoms with Gasteiger partial charge in [-0.25, -0.2) is 9.59 Å². The van der Waals surface area contributed by atoms with Crippen LogP contribution in [0.1, 0.15) is 22.6 Å². The van der Waals surface area contributed by atoms with Crippen LogP contribution in [0.15, 0.2) is 66.7 Å². The van der Waals surface area contributed by atoms with E-state index < -0.39 is 18.1 Å². The Balaban J connectivity index is 1.43. The summed E-state index contributed by atoms with van der Waals surface area (Å²) in [7, 11) is 0. The normalized spacial score (nSPS) is 13.0. The van der Waals surface area contributed by atoms with Crippen molar-refractivity contribution in [3.63, 3.8) is 0 Å². The highest BCUT2D eigenvalue weighted by Crippen LogP contribution is 2.44. The van der Waals surface area contributed by atoms with Crippen molar-refractivity contribution in [1.82, 2.24) is 5.32 Å². The van der Waals surface area contributed by atoms with Gasteiger partial charge in [0.25, 0.3) is 0 Å². The molecule has 4 rings (SSSR count). The van der Waals surface area contributed by atoms with Crippen LogP contribution in [0.4, 0.5) is 4.79 Å². The lowest BCUT2D eigenvalue weighted by molar-refractivity contribution is -0.139. The van der Waals surface area contributed by atoms with Gasteiger partial charge in [-0.1, -0.05) is 60.7 Å². The molecule has 1 amide bonds. The van der Waals surface area contributed by atoms with Crippen LogP contribution in [-0.4, -0.2) is 29.8 Å². The zero-order chi connectivity index (χ0) is 20.2. The summed E-state index contributed by atoms with van der Waals surface area (Å²) in [5.74, 6) is -1.19. The molecule has 0 saturated heterocycles. The number of fused-ring (bicyclic) bond motifs is 3. The van der Waals surface area contributed by atoms with E-state index in [0.717, 1.165) is 27.8 Å². The summed E-state index contributed by atoms with van der Waals surface area (Å²) in [6.45, 7) is 0.139. The van der Waals surface area contributed by atoms with Crippen LogP contribution in [0.2, 0.25) is 0 Å². The second kappa shape index (κ2) is 8.07.